The highest BCUT2D eigenvalue weighted by Gasteiger charge is 2.14. The Kier molecular flexibility index (Phi) is 5.98. The molecular weight excluding hydrogens is 404 g/mol. The van der Waals surface area contributed by atoms with Crippen molar-refractivity contribution in [1.82, 2.24) is 10.4 Å². The van der Waals surface area contributed by atoms with E-state index in [1.807, 2.05) is 48.5 Å². The third-order valence-corrected chi connectivity index (χ3v) is 4.95. The van der Waals surface area contributed by atoms with Gasteiger partial charge in [-0.2, -0.15) is 5.10 Å². The Morgan fingerprint density at radius 2 is 1.72 bits per heavy atom. The number of carbonyl (C=O) groups excluding carboxylic acids is 2. The molecule has 0 aliphatic carbocycles. The van der Waals surface area contributed by atoms with Crippen molar-refractivity contribution in [2.24, 2.45) is 5.10 Å². The fraction of sp³-hybridized carbons (Fsp3) is 0.0800. The van der Waals surface area contributed by atoms with Crippen LogP contribution in [0.3, 0.4) is 0 Å². The van der Waals surface area contributed by atoms with E-state index in [-0.39, 0.29) is 11.8 Å². The van der Waals surface area contributed by atoms with E-state index < -0.39 is 0 Å². The summed E-state index contributed by atoms with van der Waals surface area (Å²) in [6.07, 6.45) is 1.63. The number of anilines is 1. The predicted molar refractivity (Wildman–Crippen MR) is 126 cm³/mol. The van der Waals surface area contributed by atoms with Gasteiger partial charge in [0, 0.05) is 29.1 Å². The number of amides is 2. The minimum absolute atomic E-state index is 0.170. The Bertz CT molecular complexity index is 1290. The van der Waals surface area contributed by atoms with Crippen molar-refractivity contribution < 1.29 is 14.3 Å². The largest absolute Gasteiger partial charge is 0.495 e. The molecular formula is C25H22N4O3. The van der Waals surface area contributed by atoms with Gasteiger partial charge in [-0.25, -0.2) is 5.43 Å². The van der Waals surface area contributed by atoms with Gasteiger partial charge in [-0.15, -0.1) is 0 Å². The van der Waals surface area contributed by atoms with Crippen LogP contribution in [0, 0.1) is 0 Å². The Hall–Kier alpha value is -4.39. The number of H-pyrrole nitrogens is 1. The minimum Gasteiger partial charge on any atom is -0.495 e. The lowest BCUT2D eigenvalue weighted by Crippen LogP contribution is -2.17. The molecule has 0 bridgehead atoms. The molecule has 0 radical (unpaired) electrons. The van der Waals surface area contributed by atoms with E-state index in [1.54, 1.807) is 37.6 Å². The molecule has 0 saturated heterocycles. The van der Waals surface area contributed by atoms with Gasteiger partial charge in [-0.1, -0.05) is 42.5 Å². The van der Waals surface area contributed by atoms with Gasteiger partial charge < -0.3 is 15.0 Å². The number of nitrogens with zero attached hydrogens (tertiary/aromatic N) is 1. The average Bonchev–Trinajstić information content (AvgIpc) is 3.18. The maximum atomic E-state index is 12.5. The minimum atomic E-state index is -0.352. The number of aromatic nitrogens is 1. The van der Waals surface area contributed by atoms with Gasteiger partial charge in [0.25, 0.3) is 5.91 Å². The van der Waals surface area contributed by atoms with Crippen LogP contribution in [0.4, 0.5) is 5.69 Å². The molecule has 0 spiro atoms. The molecule has 4 aromatic rings. The summed E-state index contributed by atoms with van der Waals surface area (Å²) in [5.41, 5.74) is 7.19. The van der Waals surface area contributed by atoms with Crippen LogP contribution in [-0.4, -0.2) is 30.1 Å². The van der Waals surface area contributed by atoms with Crippen LogP contribution < -0.4 is 15.5 Å². The molecule has 0 saturated carbocycles. The Balaban J connectivity index is 1.62. The number of hydrazone groups is 1. The van der Waals surface area contributed by atoms with Crippen LogP contribution in [0.2, 0.25) is 0 Å². The quantitative estimate of drug-likeness (QED) is 0.311. The lowest BCUT2D eigenvalue weighted by molar-refractivity contribution is -0.114. The number of methoxy groups -OCH3 is 1. The highest BCUT2D eigenvalue weighted by molar-refractivity contribution is 6.08. The molecule has 32 heavy (non-hydrogen) atoms. The van der Waals surface area contributed by atoms with Crippen molar-refractivity contribution in [3.8, 4) is 17.0 Å². The number of hydrogen-bond donors (Lipinski definition) is 3. The van der Waals surface area contributed by atoms with Crippen molar-refractivity contribution in [3.05, 3.63) is 83.9 Å². The van der Waals surface area contributed by atoms with E-state index >= 15 is 0 Å². The number of carbonyl (C=O) groups is 2. The van der Waals surface area contributed by atoms with Crippen molar-refractivity contribution in [2.75, 3.05) is 12.4 Å². The fourth-order valence-corrected chi connectivity index (χ4v) is 3.48. The second kappa shape index (κ2) is 9.18. The summed E-state index contributed by atoms with van der Waals surface area (Å²) in [5, 5.41) is 7.80. The SMILES string of the molecule is COc1cccc2c(/C=N/NC(=O)c3ccc(NC(C)=O)cc3)c(-c3ccccc3)[nH]c12. The molecule has 1 aromatic heterocycles. The van der Waals surface area contributed by atoms with Crippen molar-refractivity contribution in [2.45, 2.75) is 6.92 Å². The monoisotopic (exact) mass is 426 g/mol. The average molecular weight is 426 g/mol. The molecule has 7 heteroatoms. The molecule has 0 unspecified atom stereocenters. The van der Waals surface area contributed by atoms with Crippen LogP contribution in [-0.2, 0) is 4.79 Å². The number of aromatic amines is 1. The first-order chi connectivity index (χ1) is 15.6. The normalized spacial score (nSPS) is 10.9. The van der Waals surface area contributed by atoms with E-state index in [0.29, 0.717) is 11.3 Å². The summed E-state index contributed by atoms with van der Waals surface area (Å²) in [6.45, 7) is 1.43. The van der Waals surface area contributed by atoms with E-state index in [2.05, 4.69) is 20.8 Å². The number of rotatable bonds is 6. The zero-order valence-corrected chi connectivity index (χ0v) is 17.7. The number of para-hydroxylation sites is 1. The first-order valence-corrected chi connectivity index (χ1v) is 10.0. The highest BCUT2D eigenvalue weighted by atomic mass is 16.5. The molecule has 1 heterocycles. The molecule has 0 aliphatic rings. The topological polar surface area (TPSA) is 95.6 Å². The first kappa shape index (κ1) is 20.9. The van der Waals surface area contributed by atoms with E-state index in [1.165, 1.54) is 6.92 Å². The number of benzene rings is 3. The van der Waals surface area contributed by atoms with Crippen LogP contribution in [0.1, 0.15) is 22.8 Å². The fourth-order valence-electron chi connectivity index (χ4n) is 3.48. The predicted octanol–water partition coefficient (Wildman–Crippen LogP) is 4.57. The van der Waals surface area contributed by atoms with Gasteiger partial charge in [0.05, 0.1) is 24.5 Å². The Morgan fingerprint density at radius 1 is 0.969 bits per heavy atom. The van der Waals surface area contributed by atoms with Crippen LogP contribution >= 0.6 is 0 Å². The Labute approximate surface area is 185 Å². The maximum Gasteiger partial charge on any atom is 0.271 e. The van der Waals surface area contributed by atoms with Gasteiger partial charge in [0.2, 0.25) is 5.91 Å². The van der Waals surface area contributed by atoms with Crippen molar-refractivity contribution in [1.29, 1.82) is 0 Å². The molecule has 2 amide bonds. The summed E-state index contributed by atoms with van der Waals surface area (Å²) in [4.78, 5) is 27.0. The smallest absolute Gasteiger partial charge is 0.271 e. The van der Waals surface area contributed by atoms with Gasteiger partial charge in [-0.05, 0) is 35.9 Å². The third kappa shape index (κ3) is 4.37. The highest BCUT2D eigenvalue weighted by Crippen LogP contribution is 2.33. The maximum absolute atomic E-state index is 12.5. The Morgan fingerprint density at radius 3 is 2.41 bits per heavy atom. The third-order valence-electron chi connectivity index (χ3n) is 4.95. The van der Waals surface area contributed by atoms with Crippen molar-refractivity contribution >= 4 is 34.6 Å². The molecule has 3 aromatic carbocycles. The number of hydrogen-bond acceptors (Lipinski definition) is 4. The van der Waals surface area contributed by atoms with E-state index in [4.69, 9.17) is 4.74 Å². The number of nitrogens with one attached hydrogen (secondary N) is 3. The molecule has 0 atom stereocenters. The van der Waals surface area contributed by atoms with Gasteiger partial charge in [0.15, 0.2) is 0 Å². The summed E-state index contributed by atoms with van der Waals surface area (Å²) >= 11 is 0. The zero-order chi connectivity index (χ0) is 22.5. The van der Waals surface area contributed by atoms with Crippen molar-refractivity contribution in [3.63, 3.8) is 0 Å². The second-order valence-electron chi connectivity index (χ2n) is 7.12. The standard InChI is InChI=1S/C25H22N4O3/c1-16(30)27-19-13-11-18(12-14-19)25(31)29-26-15-21-20-9-6-10-22(32-2)24(20)28-23(21)17-7-4-3-5-8-17/h3-15,28H,1-2H3,(H,27,30)(H,29,31)/b26-15+. The lowest BCUT2D eigenvalue weighted by Gasteiger charge is -2.04. The second-order valence-corrected chi connectivity index (χ2v) is 7.12. The van der Waals surface area contributed by atoms with Gasteiger partial charge >= 0.3 is 0 Å². The summed E-state index contributed by atoms with van der Waals surface area (Å²) in [6, 6.07) is 22.3. The van der Waals surface area contributed by atoms with Crippen LogP contribution in [0.15, 0.2) is 77.9 Å². The summed E-state index contributed by atoms with van der Waals surface area (Å²) < 4.78 is 5.49. The molecule has 4 rings (SSSR count). The summed E-state index contributed by atoms with van der Waals surface area (Å²) in [5.74, 6) is 0.202. The van der Waals surface area contributed by atoms with Gasteiger partial charge in [-0.3, -0.25) is 9.59 Å². The number of fused-ring (bicyclic) bond motifs is 1. The van der Waals surface area contributed by atoms with Crippen LogP contribution in [0.5, 0.6) is 5.75 Å². The number of ether oxygens (including phenoxy) is 1. The molecule has 0 fully saturated rings. The van der Waals surface area contributed by atoms with Gasteiger partial charge in [0.1, 0.15) is 5.75 Å². The molecule has 160 valence electrons. The van der Waals surface area contributed by atoms with E-state index in [9.17, 15) is 9.59 Å². The lowest BCUT2D eigenvalue weighted by atomic mass is 10.1. The molecule has 0 aliphatic heterocycles. The summed E-state index contributed by atoms with van der Waals surface area (Å²) in [7, 11) is 1.63. The first-order valence-electron chi connectivity index (χ1n) is 10.0. The zero-order valence-electron chi connectivity index (χ0n) is 17.7. The van der Waals surface area contributed by atoms with Crippen LogP contribution in [0.25, 0.3) is 22.2 Å². The molecule has 3 N–H and O–H groups in total. The molecule has 7 nitrogen and oxygen atoms in total. The van der Waals surface area contributed by atoms with E-state index in [0.717, 1.165) is 33.5 Å².